The van der Waals surface area contributed by atoms with Crippen LogP contribution in [0.25, 0.3) is 17.0 Å². The van der Waals surface area contributed by atoms with Crippen molar-refractivity contribution >= 4 is 22.9 Å². The second kappa shape index (κ2) is 5.57. The molecule has 0 N–H and O–H groups in total. The van der Waals surface area contributed by atoms with Gasteiger partial charge < -0.3 is 4.74 Å². The summed E-state index contributed by atoms with van der Waals surface area (Å²) in [6.45, 7) is 3.88. The molecule has 0 aliphatic rings. The SMILES string of the molecule is CCOC(=O)/C(C#N)=C/c1c(C)ccc2cnn(C)c12. The van der Waals surface area contributed by atoms with Crippen LogP contribution in [0.4, 0.5) is 0 Å². The first-order valence-corrected chi connectivity index (χ1v) is 6.28. The molecule has 20 heavy (non-hydrogen) atoms. The maximum absolute atomic E-state index is 11.7. The summed E-state index contributed by atoms with van der Waals surface area (Å²) in [5.41, 5.74) is 2.66. The van der Waals surface area contributed by atoms with E-state index in [2.05, 4.69) is 5.10 Å². The van der Waals surface area contributed by atoms with E-state index in [0.29, 0.717) is 0 Å². The van der Waals surface area contributed by atoms with E-state index in [4.69, 9.17) is 10.00 Å². The molecule has 0 fully saturated rings. The van der Waals surface area contributed by atoms with Crippen LogP contribution in [0.2, 0.25) is 0 Å². The standard InChI is InChI=1S/C15H15N3O2/c1-4-20-15(19)12(8-16)7-13-10(2)5-6-11-9-17-18(3)14(11)13/h5-7,9H,4H2,1-3H3/b12-7+. The summed E-state index contributed by atoms with van der Waals surface area (Å²) in [7, 11) is 1.83. The van der Waals surface area contributed by atoms with Crippen LogP contribution < -0.4 is 0 Å². The predicted octanol–water partition coefficient (Wildman–Crippen LogP) is 2.35. The topological polar surface area (TPSA) is 67.9 Å². The van der Waals surface area contributed by atoms with Gasteiger partial charge in [-0.2, -0.15) is 10.4 Å². The van der Waals surface area contributed by atoms with Gasteiger partial charge in [0.2, 0.25) is 0 Å². The Morgan fingerprint density at radius 3 is 2.95 bits per heavy atom. The number of aromatic nitrogens is 2. The zero-order valence-electron chi connectivity index (χ0n) is 11.7. The van der Waals surface area contributed by atoms with Crippen LogP contribution in [0.3, 0.4) is 0 Å². The predicted molar refractivity (Wildman–Crippen MR) is 75.7 cm³/mol. The highest BCUT2D eigenvalue weighted by Crippen LogP contribution is 2.24. The first-order chi connectivity index (χ1) is 9.58. The second-order valence-electron chi connectivity index (χ2n) is 4.39. The molecule has 0 saturated heterocycles. The molecule has 0 bridgehead atoms. The third-order valence-corrected chi connectivity index (χ3v) is 3.06. The Hall–Kier alpha value is -2.61. The number of hydrogen-bond donors (Lipinski definition) is 0. The van der Waals surface area contributed by atoms with Crippen LogP contribution in [0.5, 0.6) is 0 Å². The van der Waals surface area contributed by atoms with E-state index in [-0.39, 0.29) is 12.2 Å². The Balaban J connectivity index is 2.63. The molecule has 0 atom stereocenters. The number of benzene rings is 1. The molecule has 102 valence electrons. The molecule has 0 amide bonds. The number of rotatable bonds is 3. The molecular formula is C15H15N3O2. The van der Waals surface area contributed by atoms with Crippen molar-refractivity contribution in [2.45, 2.75) is 13.8 Å². The third-order valence-electron chi connectivity index (χ3n) is 3.06. The van der Waals surface area contributed by atoms with Crippen molar-refractivity contribution in [1.82, 2.24) is 9.78 Å². The van der Waals surface area contributed by atoms with Crippen LogP contribution in [0.1, 0.15) is 18.1 Å². The molecule has 5 nitrogen and oxygen atoms in total. The zero-order valence-corrected chi connectivity index (χ0v) is 11.7. The van der Waals surface area contributed by atoms with Gasteiger partial charge in [0.1, 0.15) is 11.6 Å². The van der Waals surface area contributed by atoms with E-state index in [0.717, 1.165) is 22.0 Å². The lowest BCUT2D eigenvalue weighted by Gasteiger charge is -2.06. The number of carbonyl (C=O) groups is 1. The Labute approximate surface area is 117 Å². The van der Waals surface area contributed by atoms with E-state index in [1.165, 1.54) is 0 Å². The summed E-state index contributed by atoms with van der Waals surface area (Å²) in [6.07, 6.45) is 3.32. The number of aryl methyl sites for hydroxylation is 2. The average Bonchev–Trinajstić information content (AvgIpc) is 2.80. The fraction of sp³-hybridized carbons (Fsp3) is 0.267. The van der Waals surface area contributed by atoms with E-state index in [1.807, 2.05) is 32.2 Å². The number of hydrogen-bond acceptors (Lipinski definition) is 4. The quantitative estimate of drug-likeness (QED) is 0.487. The summed E-state index contributed by atoms with van der Waals surface area (Å²) in [5, 5.41) is 14.3. The van der Waals surface area contributed by atoms with Gasteiger partial charge in [-0.15, -0.1) is 0 Å². The van der Waals surface area contributed by atoms with Crippen molar-refractivity contribution in [3.8, 4) is 6.07 Å². The van der Waals surface area contributed by atoms with E-state index < -0.39 is 5.97 Å². The minimum absolute atomic E-state index is 0.0105. The highest BCUT2D eigenvalue weighted by atomic mass is 16.5. The molecule has 0 spiro atoms. The van der Waals surface area contributed by atoms with Crippen LogP contribution in [0, 0.1) is 18.3 Å². The van der Waals surface area contributed by atoms with E-state index >= 15 is 0 Å². The summed E-state index contributed by atoms with van der Waals surface area (Å²) < 4.78 is 6.61. The first-order valence-electron chi connectivity index (χ1n) is 6.28. The third kappa shape index (κ3) is 2.41. The lowest BCUT2D eigenvalue weighted by molar-refractivity contribution is -0.137. The molecule has 5 heteroatoms. The smallest absolute Gasteiger partial charge is 0.348 e. The molecule has 0 radical (unpaired) electrons. The van der Waals surface area contributed by atoms with Crippen molar-refractivity contribution in [2.24, 2.45) is 7.05 Å². The molecule has 1 aromatic carbocycles. The highest BCUT2D eigenvalue weighted by Gasteiger charge is 2.13. The summed E-state index contributed by atoms with van der Waals surface area (Å²) in [6, 6.07) is 5.80. The Bertz CT molecular complexity index is 735. The summed E-state index contributed by atoms with van der Waals surface area (Å²) in [5.74, 6) is -0.603. The van der Waals surface area contributed by atoms with Crippen molar-refractivity contribution in [3.05, 3.63) is 35.0 Å². The molecule has 0 aliphatic heterocycles. The minimum atomic E-state index is -0.603. The van der Waals surface area contributed by atoms with Crippen LogP contribution in [-0.2, 0) is 16.6 Å². The van der Waals surface area contributed by atoms with Crippen LogP contribution in [-0.4, -0.2) is 22.4 Å². The number of fused-ring (bicyclic) bond motifs is 1. The highest BCUT2D eigenvalue weighted by molar-refractivity contribution is 6.01. The van der Waals surface area contributed by atoms with Crippen molar-refractivity contribution in [1.29, 1.82) is 5.26 Å². The average molecular weight is 269 g/mol. The van der Waals surface area contributed by atoms with E-state index in [9.17, 15) is 4.79 Å². The van der Waals surface area contributed by atoms with Crippen molar-refractivity contribution in [2.75, 3.05) is 6.61 Å². The summed E-state index contributed by atoms with van der Waals surface area (Å²) >= 11 is 0. The zero-order chi connectivity index (χ0) is 14.7. The van der Waals surface area contributed by atoms with Gasteiger partial charge in [-0.1, -0.05) is 12.1 Å². The number of carbonyl (C=O) groups excluding carboxylic acids is 1. The fourth-order valence-electron chi connectivity index (χ4n) is 2.07. The van der Waals surface area contributed by atoms with Gasteiger partial charge in [0, 0.05) is 18.0 Å². The van der Waals surface area contributed by atoms with Gasteiger partial charge in [-0.3, -0.25) is 4.68 Å². The minimum Gasteiger partial charge on any atom is -0.462 e. The van der Waals surface area contributed by atoms with Crippen LogP contribution in [0.15, 0.2) is 23.9 Å². The Morgan fingerprint density at radius 1 is 1.55 bits per heavy atom. The van der Waals surface area contributed by atoms with Gasteiger partial charge >= 0.3 is 5.97 Å². The Morgan fingerprint density at radius 2 is 2.30 bits per heavy atom. The van der Waals surface area contributed by atoms with Crippen molar-refractivity contribution < 1.29 is 9.53 Å². The molecule has 0 saturated carbocycles. The molecule has 1 heterocycles. The molecule has 1 aromatic heterocycles. The van der Waals surface area contributed by atoms with Gasteiger partial charge in [-0.05, 0) is 25.5 Å². The van der Waals surface area contributed by atoms with Gasteiger partial charge in [-0.25, -0.2) is 4.79 Å². The lowest BCUT2D eigenvalue weighted by Crippen LogP contribution is -2.06. The summed E-state index contributed by atoms with van der Waals surface area (Å²) in [4.78, 5) is 11.7. The van der Waals surface area contributed by atoms with Crippen molar-refractivity contribution in [3.63, 3.8) is 0 Å². The van der Waals surface area contributed by atoms with E-state index in [1.54, 1.807) is 23.9 Å². The monoisotopic (exact) mass is 269 g/mol. The normalized spacial score (nSPS) is 11.4. The molecule has 0 aliphatic carbocycles. The Kier molecular flexibility index (Phi) is 3.85. The maximum atomic E-state index is 11.7. The molecule has 2 rings (SSSR count). The number of nitrogens with zero attached hydrogens (tertiary/aromatic N) is 3. The maximum Gasteiger partial charge on any atom is 0.348 e. The van der Waals surface area contributed by atoms with Gasteiger partial charge in [0.15, 0.2) is 0 Å². The molecular weight excluding hydrogens is 254 g/mol. The number of esters is 1. The second-order valence-corrected chi connectivity index (χ2v) is 4.39. The first kappa shape index (κ1) is 13.8. The van der Waals surface area contributed by atoms with Gasteiger partial charge in [0.25, 0.3) is 0 Å². The largest absolute Gasteiger partial charge is 0.462 e. The molecule has 2 aromatic rings. The number of ether oxygens (including phenoxy) is 1. The van der Waals surface area contributed by atoms with Gasteiger partial charge in [0.05, 0.1) is 18.3 Å². The van der Waals surface area contributed by atoms with Crippen LogP contribution >= 0.6 is 0 Å². The lowest BCUT2D eigenvalue weighted by atomic mass is 10.0. The fourth-order valence-corrected chi connectivity index (χ4v) is 2.07. The molecule has 0 unspecified atom stereocenters. The number of nitriles is 1.